The van der Waals surface area contributed by atoms with E-state index in [1.54, 1.807) is 0 Å². The summed E-state index contributed by atoms with van der Waals surface area (Å²) in [4.78, 5) is 24.1. The summed E-state index contributed by atoms with van der Waals surface area (Å²) in [6.45, 7) is 0. The zero-order chi connectivity index (χ0) is 15.3. The summed E-state index contributed by atoms with van der Waals surface area (Å²) < 4.78 is 0. The van der Waals surface area contributed by atoms with Crippen molar-refractivity contribution in [2.75, 3.05) is 5.32 Å². The molecule has 2 bridgehead atoms. The molecular formula is C18H19NO3. The van der Waals surface area contributed by atoms with Gasteiger partial charge in [0.25, 0.3) is 0 Å². The van der Waals surface area contributed by atoms with Gasteiger partial charge < -0.3 is 10.4 Å². The average molecular weight is 297 g/mol. The van der Waals surface area contributed by atoms with Crippen LogP contribution in [0.4, 0.5) is 5.69 Å². The first-order chi connectivity index (χ1) is 10.6. The van der Waals surface area contributed by atoms with Gasteiger partial charge in [0.1, 0.15) is 0 Å². The molecule has 1 aromatic carbocycles. The number of amides is 1. The second-order valence-electron chi connectivity index (χ2n) is 6.66. The highest BCUT2D eigenvalue weighted by atomic mass is 16.4. The molecule has 3 aliphatic carbocycles. The predicted molar refractivity (Wildman–Crippen MR) is 82.4 cm³/mol. The highest BCUT2D eigenvalue weighted by molar-refractivity contribution is 5.96. The van der Waals surface area contributed by atoms with Crippen LogP contribution in [0.15, 0.2) is 30.4 Å². The molecule has 1 saturated carbocycles. The van der Waals surface area contributed by atoms with E-state index < -0.39 is 17.8 Å². The SMILES string of the molecule is O=C(O)[C@H]1[C@H](C(=O)Nc2ccc3c(c2)CCC3)[C@H]2C=C[C@H]1C2. The molecule has 4 atom stereocenters. The van der Waals surface area contributed by atoms with Crippen molar-refractivity contribution < 1.29 is 14.7 Å². The fraction of sp³-hybridized carbons (Fsp3) is 0.444. The van der Waals surface area contributed by atoms with Crippen LogP contribution >= 0.6 is 0 Å². The van der Waals surface area contributed by atoms with Crippen LogP contribution in [0, 0.1) is 23.7 Å². The molecule has 2 N–H and O–H groups in total. The smallest absolute Gasteiger partial charge is 0.307 e. The number of aliphatic carboxylic acids is 1. The van der Waals surface area contributed by atoms with E-state index in [4.69, 9.17) is 0 Å². The molecule has 0 heterocycles. The molecule has 0 aliphatic heterocycles. The minimum absolute atomic E-state index is 0.0123. The minimum atomic E-state index is -0.856. The topological polar surface area (TPSA) is 66.4 Å². The molecular weight excluding hydrogens is 278 g/mol. The van der Waals surface area contributed by atoms with Crippen LogP contribution in [0.5, 0.6) is 0 Å². The van der Waals surface area contributed by atoms with Gasteiger partial charge in [0.15, 0.2) is 0 Å². The van der Waals surface area contributed by atoms with Crippen molar-refractivity contribution >= 4 is 17.6 Å². The summed E-state index contributed by atoms with van der Waals surface area (Å²) in [5.41, 5.74) is 3.46. The van der Waals surface area contributed by atoms with Gasteiger partial charge in [-0.2, -0.15) is 0 Å². The first kappa shape index (κ1) is 13.6. The number of carboxylic acid groups (broad SMARTS) is 1. The molecule has 1 amide bonds. The number of carboxylic acids is 1. The number of rotatable bonds is 3. The first-order valence-corrected chi connectivity index (χ1v) is 7.97. The van der Waals surface area contributed by atoms with Gasteiger partial charge in [0, 0.05) is 5.69 Å². The van der Waals surface area contributed by atoms with Crippen molar-refractivity contribution in [3.63, 3.8) is 0 Å². The fourth-order valence-corrected chi connectivity index (χ4v) is 4.39. The Morgan fingerprint density at radius 1 is 1.05 bits per heavy atom. The highest BCUT2D eigenvalue weighted by Gasteiger charge is 2.51. The molecule has 0 saturated heterocycles. The molecule has 114 valence electrons. The van der Waals surface area contributed by atoms with Gasteiger partial charge in [-0.15, -0.1) is 0 Å². The van der Waals surface area contributed by atoms with Gasteiger partial charge >= 0.3 is 5.97 Å². The molecule has 0 aromatic heterocycles. The number of carbonyl (C=O) groups excluding carboxylic acids is 1. The van der Waals surface area contributed by atoms with E-state index in [1.165, 1.54) is 17.5 Å². The summed E-state index contributed by atoms with van der Waals surface area (Å²) in [5, 5.41) is 12.4. The standard InChI is InChI=1S/C18H19NO3/c20-17(15-12-4-5-13(8-12)16(15)18(21)22)19-14-7-6-10-2-1-3-11(10)9-14/h4-7,9,12-13,15-16H,1-3,8H2,(H,19,20)(H,21,22)/t12-,13-,15+,16+/m0/s1. The lowest BCUT2D eigenvalue weighted by Gasteiger charge is -2.24. The van der Waals surface area contributed by atoms with E-state index in [0.717, 1.165) is 24.9 Å². The summed E-state index contributed by atoms with van der Waals surface area (Å²) >= 11 is 0. The highest BCUT2D eigenvalue weighted by Crippen LogP contribution is 2.48. The van der Waals surface area contributed by atoms with Crippen molar-refractivity contribution in [1.82, 2.24) is 0 Å². The Bertz CT molecular complexity index is 679. The zero-order valence-electron chi connectivity index (χ0n) is 12.3. The monoisotopic (exact) mass is 297 g/mol. The predicted octanol–water partition coefficient (Wildman–Crippen LogP) is 2.64. The number of fused-ring (bicyclic) bond motifs is 3. The number of carbonyl (C=O) groups is 2. The fourth-order valence-electron chi connectivity index (χ4n) is 4.39. The summed E-state index contributed by atoms with van der Waals surface area (Å²) in [5.74, 6) is -1.95. The first-order valence-electron chi connectivity index (χ1n) is 7.97. The lowest BCUT2D eigenvalue weighted by molar-refractivity contribution is -0.146. The number of aryl methyl sites for hydroxylation is 2. The number of anilines is 1. The molecule has 4 heteroatoms. The van der Waals surface area contributed by atoms with Gasteiger partial charge in [-0.3, -0.25) is 9.59 Å². The molecule has 4 rings (SSSR count). The van der Waals surface area contributed by atoms with E-state index in [0.29, 0.717) is 0 Å². The number of benzene rings is 1. The maximum atomic E-state index is 12.6. The molecule has 0 unspecified atom stereocenters. The van der Waals surface area contributed by atoms with Crippen molar-refractivity contribution in [3.05, 3.63) is 41.5 Å². The summed E-state index contributed by atoms with van der Waals surface area (Å²) in [6.07, 6.45) is 8.11. The molecule has 4 nitrogen and oxygen atoms in total. The van der Waals surface area contributed by atoms with Crippen LogP contribution in [0.1, 0.15) is 24.0 Å². The maximum absolute atomic E-state index is 12.6. The lowest BCUT2D eigenvalue weighted by Crippen LogP contribution is -2.36. The Hall–Kier alpha value is -2.10. The van der Waals surface area contributed by atoms with E-state index in [9.17, 15) is 14.7 Å². The van der Waals surface area contributed by atoms with Crippen LogP contribution in [0.3, 0.4) is 0 Å². The third-order valence-corrected chi connectivity index (χ3v) is 5.41. The maximum Gasteiger partial charge on any atom is 0.307 e. The minimum Gasteiger partial charge on any atom is -0.481 e. The van der Waals surface area contributed by atoms with Crippen LogP contribution in [-0.2, 0) is 22.4 Å². The number of nitrogens with one attached hydrogen (secondary N) is 1. The second-order valence-corrected chi connectivity index (χ2v) is 6.66. The summed E-state index contributed by atoms with van der Waals surface area (Å²) in [6, 6.07) is 6.05. The van der Waals surface area contributed by atoms with Gasteiger partial charge in [-0.05, 0) is 60.8 Å². The number of hydrogen-bond donors (Lipinski definition) is 2. The average Bonchev–Trinajstić information content (AvgIpc) is 3.20. The molecule has 1 fully saturated rings. The largest absolute Gasteiger partial charge is 0.481 e. The molecule has 22 heavy (non-hydrogen) atoms. The van der Waals surface area contributed by atoms with E-state index in [1.807, 2.05) is 24.3 Å². The van der Waals surface area contributed by atoms with Gasteiger partial charge in [0.05, 0.1) is 11.8 Å². The third kappa shape index (κ3) is 2.05. The quantitative estimate of drug-likeness (QED) is 0.843. The van der Waals surface area contributed by atoms with Gasteiger partial charge in [-0.25, -0.2) is 0 Å². The molecule has 3 aliphatic rings. The van der Waals surface area contributed by atoms with Crippen LogP contribution in [0.25, 0.3) is 0 Å². The molecule has 0 radical (unpaired) electrons. The molecule has 1 aromatic rings. The van der Waals surface area contributed by atoms with Crippen LogP contribution in [-0.4, -0.2) is 17.0 Å². The van der Waals surface area contributed by atoms with E-state index >= 15 is 0 Å². The van der Waals surface area contributed by atoms with Crippen LogP contribution in [0.2, 0.25) is 0 Å². The lowest BCUT2D eigenvalue weighted by atomic mass is 9.82. The van der Waals surface area contributed by atoms with Crippen LogP contribution < -0.4 is 5.32 Å². The Morgan fingerprint density at radius 3 is 2.55 bits per heavy atom. The second kappa shape index (κ2) is 4.97. The number of hydrogen-bond acceptors (Lipinski definition) is 2. The Balaban J connectivity index is 1.55. The van der Waals surface area contributed by atoms with Gasteiger partial charge in [0.2, 0.25) is 5.91 Å². The van der Waals surface area contributed by atoms with Crippen molar-refractivity contribution in [3.8, 4) is 0 Å². The zero-order valence-corrected chi connectivity index (χ0v) is 12.3. The Labute approximate surface area is 129 Å². The Morgan fingerprint density at radius 2 is 1.77 bits per heavy atom. The normalized spacial score (nSPS) is 31.3. The van der Waals surface area contributed by atoms with Crippen molar-refractivity contribution in [1.29, 1.82) is 0 Å². The Kier molecular flexibility index (Phi) is 3.06. The van der Waals surface area contributed by atoms with Crippen molar-refractivity contribution in [2.24, 2.45) is 23.7 Å². The number of allylic oxidation sites excluding steroid dienone is 2. The third-order valence-electron chi connectivity index (χ3n) is 5.41. The van der Waals surface area contributed by atoms with E-state index in [2.05, 4.69) is 11.4 Å². The van der Waals surface area contributed by atoms with E-state index in [-0.39, 0.29) is 17.7 Å². The molecule has 0 spiro atoms. The summed E-state index contributed by atoms with van der Waals surface area (Å²) in [7, 11) is 0. The van der Waals surface area contributed by atoms with Crippen molar-refractivity contribution in [2.45, 2.75) is 25.7 Å². The van der Waals surface area contributed by atoms with Gasteiger partial charge in [-0.1, -0.05) is 18.2 Å².